The third-order valence-corrected chi connectivity index (χ3v) is 3.86. The summed E-state index contributed by atoms with van der Waals surface area (Å²) in [5, 5.41) is 0. The lowest BCUT2D eigenvalue weighted by Crippen LogP contribution is -2.37. The average Bonchev–Trinajstić information content (AvgIpc) is 3.21. The quantitative estimate of drug-likeness (QED) is 0.850. The lowest BCUT2D eigenvalue weighted by molar-refractivity contribution is 0.384. The third-order valence-electron chi connectivity index (χ3n) is 3.86. The molecule has 0 amide bonds. The number of hydrogen-bond acceptors (Lipinski definition) is 3. The van der Waals surface area contributed by atoms with Gasteiger partial charge in [-0.25, -0.2) is 9.97 Å². The van der Waals surface area contributed by atoms with E-state index in [-0.39, 0.29) is 5.54 Å². The molecule has 0 aliphatic heterocycles. The molecule has 0 radical (unpaired) electrons. The van der Waals surface area contributed by atoms with Gasteiger partial charge >= 0.3 is 0 Å². The molecule has 1 aliphatic rings. The molecule has 1 aromatic heterocycles. The van der Waals surface area contributed by atoms with Crippen molar-refractivity contribution in [3.63, 3.8) is 0 Å². The second kappa shape index (κ2) is 4.73. The number of hydrogen-bond donors (Lipinski definition) is 1. The Morgan fingerprint density at radius 3 is 2.35 bits per heavy atom. The van der Waals surface area contributed by atoms with Crippen LogP contribution in [0.15, 0.2) is 6.07 Å². The van der Waals surface area contributed by atoms with Gasteiger partial charge in [-0.3, -0.25) is 0 Å². The number of nitrogens with two attached hydrogens (primary N) is 1. The van der Waals surface area contributed by atoms with Crippen LogP contribution in [0.2, 0.25) is 0 Å². The van der Waals surface area contributed by atoms with Gasteiger partial charge in [0.1, 0.15) is 5.82 Å². The zero-order valence-electron chi connectivity index (χ0n) is 11.2. The Morgan fingerprint density at radius 2 is 1.88 bits per heavy atom. The normalized spacial score (nSPS) is 16.2. The van der Waals surface area contributed by atoms with Crippen molar-refractivity contribution in [3.05, 3.63) is 23.3 Å². The Hall–Kier alpha value is -0.960. The Bertz CT molecular complexity index is 392. The van der Waals surface area contributed by atoms with E-state index in [1.165, 1.54) is 18.5 Å². The lowest BCUT2D eigenvalue weighted by Gasteiger charge is -2.25. The lowest BCUT2D eigenvalue weighted by atomic mass is 9.93. The van der Waals surface area contributed by atoms with Crippen molar-refractivity contribution >= 4 is 0 Å². The molecule has 0 atom stereocenters. The first-order chi connectivity index (χ1) is 8.12. The highest BCUT2D eigenvalue weighted by atomic mass is 15.0. The smallest absolute Gasteiger partial charge is 0.148 e. The molecule has 3 nitrogen and oxygen atoms in total. The predicted molar refractivity (Wildman–Crippen MR) is 69.8 cm³/mol. The van der Waals surface area contributed by atoms with Gasteiger partial charge < -0.3 is 5.73 Å². The highest BCUT2D eigenvalue weighted by molar-refractivity contribution is 5.21. The van der Waals surface area contributed by atoms with Crippen LogP contribution in [0, 0.1) is 0 Å². The van der Waals surface area contributed by atoms with E-state index in [1.807, 2.05) is 0 Å². The molecule has 0 aromatic carbocycles. The third kappa shape index (κ3) is 2.49. The zero-order valence-corrected chi connectivity index (χ0v) is 11.2. The van der Waals surface area contributed by atoms with E-state index in [1.54, 1.807) is 0 Å². The second-order valence-electron chi connectivity index (χ2n) is 5.10. The molecule has 17 heavy (non-hydrogen) atoms. The molecule has 0 spiro atoms. The van der Waals surface area contributed by atoms with Gasteiger partial charge in [-0.2, -0.15) is 0 Å². The molecule has 0 saturated heterocycles. The first kappa shape index (κ1) is 12.5. The average molecular weight is 233 g/mol. The summed E-state index contributed by atoms with van der Waals surface area (Å²) in [5.74, 6) is 1.52. The van der Waals surface area contributed by atoms with Crippen LogP contribution in [0.25, 0.3) is 0 Å². The molecule has 3 heteroatoms. The fourth-order valence-corrected chi connectivity index (χ4v) is 2.08. The minimum Gasteiger partial charge on any atom is -0.319 e. The van der Waals surface area contributed by atoms with E-state index in [9.17, 15) is 0 Å². The summed E-state index contributed by atoms with van der Waals surface area (Å²) in [6.07, 6.45) is 5.28. The van der Waals surface area contributed by atoms with Crippen LogP contribution < -0.4 is 5.73 Å². The van der Waals surface area contributed by atoms with Crippen molar-refractivity contribution in [1.82, 2.24) is 9.97 Å². The van der Waals surface area contributed by atoms with Gasteiger partial charge in [-0.15, -0.1) is 0 Å². The van der Waals surface area contributed by atoms with Crippen molar-refractivity contribution in [2.75, 3.05) is 0 Å². The van der Waals surface area contributed by atoms with Gasteiger partial charge in [0.15, 0.2) is 0 Å². The summed E-state index contributed by atoms with van der Waals surface area (Å²) >= 11 is 0. The molecular weight excluding hydrogens is 210 g/mol. The van der Waals surface area contributed by atoms with Gasteiger partial charge in [0.2, 0.25) is 0 Å². The zero-order chi connectivity index (χ0) is 12.5. The molecule has 1 aliphatic carbocycles. The van der Waals surface area contributed by atoms with Crippen LogP contribution >= 0.6 is 0 Å². The highest BCUT2D eigenvalue weighted by Gasteiger charge is 2.31. The first-order valence-electron chi connectivity index (χ1n) is 6.80. The summed E-state index contributed by atoms with van der Waals surface area (Å²) in [6, 6.07) is 2.16. The molecule has 0 unspecified atom stereocenters. The molecule has 2 rings (SSSR count). The van der Waals surface area contributed by atoms with E-state index in [2.05, 4.69) is 31.8 Å². The molecule has 1 fully saturated rings. The maximum absolute atomic E-state index is 6.41. The van der Waals surface area contributed by atoms with Gasteiger partial charge in [0.05, 0.1) is 5.54 Å². The summed E-state index contributed by atoms with van der Waals surface area (Å²) in [6.45, 7) is 6.36. The Morgan fingerprint density at radius 1 is 1.24 bits per heavy atom. The molecule has 1 aromatic rings. The molecule has 1 heterocycles. The van der Waals surface area contributed by atoms with Gasteiger partial charge in [-0.05, 0) is 38.2 Å². The van der Waals surface area contributed by atoms with Crippen LogP contribution in [0.4, 0.5) is 0 Å². The molecule has 1 saturated carbocycles. The van der Waals surface area contributed by atoms with Crippen molar-refractivity contribution in [3.8, 4) is 0 Å². The maximum atomic E-state index is 6.41. The Kier molecular flexibility index (Phi) is 3.48. The molecular formula is C14H23N3. The fraction of sp³-hybridized carbons (Fsp3) is 0.714. The first-order valence-corrected chi connectivity index (χ1v) is 6.80. The minimum absolute atomic E-state index is 0.352. The van der Waals surface area contributed by atoms with Crippen LogP contribution in [-0.4, -0.2) is 9.97 Å². The van der Waals surface area contributed by atoms with Crippen molar-refractivity contribution in [2.24, 2.45) is 5.73 Å². The molecule has 0 bridgehead atoms. The van der Waals surface area contributed by atoms with E-state index in [4.69, 9.17) is 10.7 Å². The topological polar surface area (TPSA) is 51.8 Å². The van der Waals surface area contributed by atoms with Gasteiger partial charge in [-0.1, -0.05) is 20.8 Å². The number of aromatic nitrogens is 2. The largest absolute Gasteiger partial charge is 0.319 e. The summed E-state index contributed by atoms with van der Waals surface area (Å²) in [5.41, 5.74) is 8.40. The standard InChI is InChI=1S/C14H23N3/c1-4-11-9-12(10-7-8-10)17-13(16-11)14(15,5-2)6-3/h9-10H,4-8,15H2,1-3H3. The van der Waals surface area contributed by atoms with E-state index in [0.29, 0.717) is 5.92 Å². The maximum Gasteiger partial charge on any atom is 0.148 e. The predicted octanol–water partition coefficient (Wildman–Crippen LogP) is 2.89. The Labute approximate surface area is 104 Å². The van der Waals surface area contributed by atoms with E-state index < -0.39 is 0 Å². The van der Waals surface area contributed by atoms with E-state index in [0.717, 1.165) is 30.8 Å². The summed E-state index contributed by atoms with van der Waals surface area (Å²) < 4.78 is 0. The molecule has 2 N–H and O–H groups in total. The van der Waals surface area contributed by atoms with Crippen molar-refractivity contribution in [2.45, 2.75) is 64.3 Å². The molecule has 94 valence electrons. The van der Waals surface area contributed by atoms with Crippen LogP contribution in [-0.2, 0) is 12.0 Å². The van der Waals surface area contributed by atoms with Crippen LogP contribution in [0.3, 0.4) is 0 Å². The SMILES string of the molecule is CCc1cc(C2CC2)nc(C(N)(CC)CC)n1. The minimum atomic E-state index is -0.352. The monoisotopic (exact) mass is 233 g/mol. The Balaban J connectivity index is 2.41. The van der Waals surface area contributed by atoms with Gasteiger partial charge in [0.25, 0.3) is 0 Å². The highest BCUT2D eigenvalue weighted by Crippen LogP contribution is 2.39. The summed E-state index contributed by atoms with van der Waals surface area (Å²) in [7, 11) is 0. The number of nitrogens with zero attached hydrogens (tertiary/aromatic N) is 2. The van der Waals surface area contributed by atoms with Gasteiger partial charge in [0, 0.05) is 17.3 Å². The second-order valence-corrected chi connectivity index (χ2v) is 5.10. The number of rotatable bonds is 5. The van der Waals surface area contributed by atoms with Crippen LogP contribution in [0.1, 0.15) is 69.6 Å². The van der Waals surface area contributed by atoms with Crippen LogP contribution in [0.5, 0.6) is 0 Å². The fourth-order valence-electron chi connectivity index (χ4n) is 2.08. The number of aryl methyl sites for hydroxylation is 1. The van der Waals surface area contributed by atoms with Crippen molar-refractivity contribution in [1.29, 1.82) is 0 Å². The van der Waals surface area contributed by atoms with Crippen molar-refractivity contribution < 1.29 is 0 Å². The summed E-state index contributed by atoms with van der Waals surface area (Å²) in [4.78, 5) is 9.36. The van der Waals surface area contributed by atoms with E-state index >= 15 is 0 Å².